The molecular formula is C13H21N5O. The molecule has 6 heteroatoms. The van der Waals surface area contributed by atoms with Gasteiger partial charge in [-0.3, -0.25) is 4.79 Å². The third kappa shape index (κ3) is 4.17. The number of rotatable bonds is 5. The number of nitrogens with one attached hydrogen (secondary N) is 2. The van der Waals surface area contributed by atoms with Gasteiger partial charge in [-0.05, 0) is 32.0 Å². The quantitative estimate of drug-likeness (QED) is 0.809. The molecule has 1 aliphatic rings. The van der Waals surface area contributed by atoms with Crippen molar-refractivity contribution >= 4 is 11.7 Å². The van der Waals surface area contributed by atoms with Crippen molar-refractivity contribution in [1.82, 2.24) is 20.4 Å². The fourth-order valence-electron chi connectivity index (χ4n) is 2.25. The summed E-state index contributed by atoms with van der Waals surface area (Å²) in [6.07, 6.45) is 4.16. The Labute approximate surface area is 113 Å². The largest absolute Gasteiger partial charge is 0.366 e. The second-order valence-corrected chi connectivity index (χ2v) is 4.76. The van der Waals surface area contributed by atoms with Crippen molar-refractivity contribution in [2.45, 2.75) is 25.3 Å². The molecule has 0 aromatic carbocycles. The predicted octanol–water partition coefficient (Wildman–Crippen LogP) is 0.489. The minimum Gasteiger partial charge on any atom is -0.366 e. The maximum absolute atomic E-state index is 11.9. The van der Waals surface area contributed by atoms with Gasteiger partial charge in [0.05, 0.1) is 0 Å². The summed E-state index contributed by atoms with van der Waals surface area (Å²) in [6.45, 7) is 2.39. The SMILES string of the molecule is CNCCC(=O)N1CCC(Nc2cccnn2)CC1. The summed E-state index contributed by atoms with van der Waals surface area (Å²) >= 11 is 0. The average Bonchev–Trinajstić information content (AvgIpc) is 2.46. The Morgan fingerprint density at radius 1 is 1.47 bits per heavy atom. The number of likely N-dealkylation sites (tertiary alicyclic amines) is 1. The molecule has 2 heterocycles. The molecule has 2 rings (SSSR count). The summed E-state index contributed by atoms with van der Waals surface area (Å²) in [7, 11) is 1.87. The summed E-state index contributed by atoms with van der Waals surface area (Å²) in [5.74, 6) is 1.05. The van der Waals surface area contributed by atoms with Crippen molar-refractivity contribution < 1.29 is 4.79 Å². The molecule has 0 atom stereocenters. The predicted molar refractivity (Wildman–Crippen MR) is 73.8 cm³/mol. The Bertz CT molecular complexity index is 389. The van der Waals surface area contributed by atoms with Gasteiger partial charge in [-0.15, -0.1) is 5.10 Å². The molecule has 0 spiro atoms. The molecule has 0 unspecified atom stereocenters. The van der Waals surface area contributed by atoms with Crippen molar-refractivity contribution in [3.05, 3.63) is 18.3 Å². The van der Waals surface area contributed by atoms with Crippen LogP contribution in [0.3, 0.4) is 0 Å². The van der Waals surface area contributed by atoms with Crippen molar-refractivity contribution in [2.75, 3.05) is 32.0 Å². The third-order valence-electron chi connectivity index (χ3n) is 3.36. The van der Waals surface area contributed by atoms with E-state index in [1.165, 1.54) is 0 Å². The fourth-order valence-corrected chi connectivity index (χ4v) is 2.25. The van der Waals surface area contributed by atoms with E-state index < -0.39 is 0 Å². The van der Waals surface area contributed by atoms with Crippen LogP contribution >= 0.6 is 0 Å². The first-order chi connectivity index (χ1) is 9.29. The monoisotopic (exact) mass is 263 g/mol. The lowest BCUT2D eigenvalue weighted by atomic mass is 10.0. The maximum atomic E-state index is 11.9. The zero-order valence-electron chi connectivity index (χ0n) is 11.3. The standard InChI is InChI=1S/C13H21N5O/c1-14-8-4-13(19)18-9-5-11(6-10-18)16-12-3-2-7-15-17-12/h2-3,7,11,14H,4-6,8-10H2,1H3,(H,16,17). The number of anilines is 1. The molecule has 1 amide bonds. The Hall–Kier alpha value is -1.69. The smallest absolute Gasteiger partial charge is 0.223 e. The number of aromatic nitrogens is 2. The summed E-state index contributed by atoms with van der Waals surface area (Å²) in [4.78, 5) is 13.8. The molecule has 0 bridgehead atoms. The number of hydrogen-bond donors (Lipinski definition) is 2. The van der Waals surface area contributed by atoms with E-state index >= 15 is 0 Å². The molecular weight excluding hydrogens is 242 g/mol. The van der Waals surface area contributed by atoms with Crippen LogP contribution in [-0.4, -0.2) is 53.7 Å². The highest BCUT2D eigenvalue weighted by Gasteiger charge is 2.22. The Kier molecular flexibility index (Phi) is 5.09. The van der Waals surface area contributed by atoms with Crippen LogP contribution in [0, 0.1) is 0 Å². The van der Waals surface area contributed by atoms with E-state index in [0.717, 1.165) is 38.3 Å². The second kappa shape index (κ2) is 7.04. The minimum absolute atomic E-state index is 0.243. The maximum Gasteiger partial charge on any atom is 0.223 e. The summed E-state index contributed by atoms with van der Waals surface area (Å²) < 4.78 is 0. The number of carbonyl (C=O) groups is 1. The molecule has 1 aliphatic heterocycles. The first-order valence-electron chi connectivity index (χ1n) is 6.76. The summed E-state index contributed by atoms with van der Waals surface area (Å²) in [5.41, 5.74) is 0. The second-order valence-electron chi connectivity index (χ2n) is 4.76. The molecule has 104 valence electrons. The van der Waals surface area contributed by atoms with Crippen molar-refractivity contribution in [1.29, 1.82) is 0 Å². The number of hydrogen-bond acceptors (Lipinski definition) is 5. The highest BCUT2D eigenvalue weighted by Crippen LogP contribution is 2.15. The Morgan fingerprint density at radius 3 is 2.89 bits per heavy atom. The Balaban J connectivity index is 1.75. The number of carbonyl (C=O) groups excluding carboxylic acids is 1. The van der Waals surface area contributed by atoms with E-state index in [2.05, 4.69) is 20.8 Å². The molecule has 0 radical (unpaired) electrons. The number of nitrogens with zero attached hydrogens (tertiary/aromatic N) is 3. The van der Waals surface area contributed by atoms with Gasteiger partial charge in [-0.25, -0.2) is 0 Å². The average molecular weight is 263 g/mol. The molecule has 0 saturated carbocycles. The summed E-state index contributed by atoms with van der Waals surface area (Å²) in [5, 5.41) is 14.2. The highest BCUT2D eigenvalue weighted by molar-refractivity contribution is 5.76. The van der Waals surface area contributed by atoms with Crippen molar-refractivity contribution in [3.63, 3.8) is 0 Å². The molecule has 19 heavy (non-hydrogen) atoms. The zero-order chi connectivity index (χ0) is 13.5. The van der Waals surface area contributed by atoms with E-state index in [9.17, 15) is 4.79 Å². The van der Waals surface area contributed by atoms with Gasteiger partial charge in [0.1, 0.15) is 5.82 Å². The molecule has 6 nitrogen and oxygen atoms in total. The molecule has 1 aromatic rings. The van der Waals surface area contributed by atoms with Crippen molar-refractivity contribution in [2.24, 2.45) is 0 Å². The first kappa shape index (κ1) is 13.7. The van der Waals surface area contributed by atoms with Crippen LogP contribution in [0.5, 0.6) is 0 Å². The molecule has 0 aliphatic carbocycles. The van der Waals surface area contributed by atoms with Crippen LogP contribution in [0.1, 0.15) is 19.3 Å². The van der Waals surface area contributed by atoms with Gasteiger partial charge >= 0.3 is 0 Å². The normalized spacial score (nSPS) is 16.4. The van der Waals surface area contributed by atoms with Gasteiger partial charge in [0.2, 0.25) is 5.91 Å². The van der Waals surface area contributed by atoms with Gasteiger partial charge in [-0.2, -0.15) is 5.10 Å². The van der Waals surface area contributed by atoms with E-state index in [4.69, 9.17) is 0 Å². The molecule has 1 fully saturated rings. The third-order valence-corrected chi connectivity index (χ3v) is 3.36. The lowest BCUT2D eigenvalue weighted by Crippen LogP contribution is -2.43. The van der Waals surface area contributed by atoms with Crippen LogP contribution in [-0.2, 0) is 4.79 Å². The fraction of sp³-hybridized carbons (Fsp3) is 0.615. The molecule has 1 aromatic heterocycles. The minimum atomic E-state index is 0.243. The number of amides is 1. The lowest BCUT2D eigenvalue weighted by molar-refractivity contribution is -0.132. The van der Waals surface area contributed by atoms with Gasteiger partial charge in [0, 0.05) is 38.3 Å². The summed E-state index contributed by atoms with van der Waals surface area (Å²) in [6, 6.07) is 4.16. The first-order valence-corrected chi connectivity index (χ1v) is 6.76. The van der Waals surface area contributed by atoms with Crippen molar-refractivity contribution in [3.8, 4) is 0 Å². The van der Waals surface area contributed by atoms with Crippen LogP contribution in [0.2, 0.25) is 0 Å². The van der Waals surface area contributed by atoms with Gasteiger partial charge in [0.15, 0.2) is 0 Å². The van der Waals surface area contributed by atoms with Gasteiger partial charge in [-0.1, -0.05) is 0 Å². The van der Waals surface area contributed by atoms with Crippen LogP contribution < -0.4 is 10.6 Å². The highest BCUT2D eigenvalue weighted by atomic mass is 16.2. The molecule has 2 N–H and O–H groups in total. The van der Waals surface area contributed by atoms with Crippen LogP contribution in [0.4, 0.5) is 5.82 Å². The molecule has 1 saturated heterocycles. The van der Waals surface area contributed by atoms with Gasteiger partial charge < -0.3 is 15.5 Å². The van der Waals surface area contributed by atoms with Gasteiger partial charge in [0.25, 0.3) is 0 Å². The number of piperidine rings is 1. The van der Waals surface area contributed by atoms with E-state index in [-0.39, 0.29) is 5.91 Å². The zero-order valence-corrected chi connectivity index (χ0v) is 11.3. The Morgan fingerprint density at radius 2 is 2.26 bits per heavy atom. The van der Waals surface area contributed by atoms with Crippen LogP contribution in [0.25, 0.3) is 0 Å². The topological polar surface area (TPSA) is 70.2 Å². The van der Waals surface area contributed by atoms with Crippen LogP contribution in [0.15, 0.2) is 18.3 Å². The van der Waals surface area contributed by atoms with E-state index in [0.29, 0.717) is 12.5 Å². The van der Waals surface area contributed by atoms with E-state index in [1.807, 2.05) is 24.1 Å². The van der Waals surface area contributed by atoms with E-state index in [1.54, 1.807) is 6.20 Å². The lowest BCUT2D eigenvalue weighted by Gasteiger charge is -2.32.